The summed E-state index contributed by atoms with van der Waals surface area (Å²) in [4.78, 5) is 17.2. The molecule has 2 aromatic heterocycles. The first kappa shape index (κ1) is 19.6. The number of hydrogen-bond donors (Lipinski definition) is 1. The summed E-state index contributed by atoms with van der Waals surface area (Å²) in [7, 11) is 1.82. The molecule has 0 spiro atoms. The number of oxazole rings is 1. The van der Waals surface area contributed by atoms with Crippen molar-refractivity contribution in [3.8, 4) is 22.6 Å². The summed E-state index contributed by atoms with van der Waals surface area (Å²) in [6.07, 6.45) is 1.51. The van der Waals surface area contributed by atoms with E-state index in [-0.39, 0.29) is 12.3 Å². The molecule has 152 valence electrons. The number of benzene rings is 2. The summed E-state index contributed by atoms with van der Waals surface area (Å²) >= 11 is 0. The predicted octanol–water partition coefficient (Wildman–Crippen LogP) is 4.88. The molecule has 0 saturated heterocycles. The van der Waals surface area contributed by atoms with Gasteiger partial charge in [-0.2, -0.15) is 5.10 Å². The lowest BCUT2D eigenvalue weighted by molar-refractivity contribution is -0.116. The molecule has 0 aliphatic rings. The van der Waals surface area contributed by atoms with Gasteiger partial charge in [0.15, 0.2) is 11.7 Å². The predicted molar refractivity (Wildman–Crippen MR) is 117 cm³/mol. The van der Waals surface area contributed by atoms with E-state index in [1.807, 2.05) is 80.7 Å². The number of hydrogen-bond acceptors (Lipinski definition) is 4. The second-order valence-corrected chi connectivity index (χ2v) is 7.06. The van der Waals surface area contributed by atoms with E-state index in [1.54, 1.807) is 4.68 Å². The summed E-state index contributed by atoms with van der Waals surface area (Å²) in [6, 6.07) is 21.7. The van der Waals surface area contributed by atoms with Crippen LogP contribution in [0.4, 0.5) is 5.82 Å². The lowest BCUT2D eigenvalue weighted by atomic mass is 10.1. The van der Waals surface area contributed by atoms with Gasteiger partial charge in [-0.3, -0.25) is 9.48 Å². The van der Waals surface area contributed by atoms with Gasteiger partial charge in [0.25, 0.3) is 0 Å². The first-order valence-corrected chi connectivity index (χ1v) is 10.1. The molecule has 6 nitrogen and oxygen atoms in total. The normalized spacial score (nSPS) is 10.9. The molecule has 0 fully saturated rings. The van der Waals surface area contributed by atoms with Crippen LogP contribution in [0.3, 0.4) is 0 Å². The number of carbonyl (C=O) groups excluding carboxylic acids is 1. The van der Waals surface area contributed by atoms with Gasteiger partial charge in [0.05, 0.1) is 5.69 Å². The largest absolute Gasteiger partial charge is 0.440 e. The van der Waals surface area contributed by atoms with Crippen molar-refractivity contribution in [2.45, 2.75) is 26.2 Å². The summed E-state index contributed by atoms with van der Waals surface area (Å²) in [6.45, 7) is 2.03. The minimum absolute atomic E-state index is 0.0959. The molecule has 2 heterocycles. The first-order valence-electron chi connectivity index (χ1n) is 10.1. The zero-order valence-electron chi connectivity index (χ0n) is 17.1. The monoisotopic (exact) mass is 400 g/mol. The molecular weight excluding hydrogens is 376 g/mol. The van der Waals surface area contributed by atoms with Crippen molar-refractivity contribution in [2.75, 3.05) is 5.32 Å². The molecule has 0 aliphatic carbocycles. The quantitative estimate of drug-likeness (QED) is 0.480. The van der Waals surface area contributed by atoms with Crippen molar-refractivity contribution in [1.82, 2.24) is 14.8 Å². The molecule has 0 aliphatic heterocycles. The fourth-order valence-corrected chi connectivity index (χ4v) is 3.29. The number of nitrogens with zero attached hydrogens (tertiary/aromatic N) is 3. The molecule has 1 N–H and O–H groups in total. The van der Waals surface area contributed by atoms with Gasteiger partial charge in [0.1, 0.15) is 11.5 Å². The Morgan fingerprint density at radius 2 is 1.70 bits per heavy atom. The third kappa shape index (κ3) is 4.33. The Hall–Kier alpha value is -3.67. The summed E-state index contributed by atoms with van der Waals surface area (Å²) in [5, 5.41) is 7.27. The van der Waals surface area contributed by atoms with Gasteiger partial charge in [-0.05, 0) is 6.42 Å². The fourth-order valence-electron chi connectivity index (χ4n) is 3.29. The van der Waals surface area contributed by atoms with Crippen molar-refractivity contribution in [3.63, 3.8) is 0 Å². The zero-order valence-corrected chi connectivity index (χ0v) is 17.1. The second kappa shape index (κ2) is 8.78. The smallest absolute Gasteiger partial charge is 0.226 e. The Morgan fingerprint density at radius 1 is 1.03 bits per heavy atom. The maximum Gasteiger partial charge on any atom is 0.226 e. The molecule has 0 saturated carbocycles. The highest BCUT2D eigenvalue weighted by Gasteiger charge is 2.17. The third-order valence-electron chi connectivity index (χ3n) is 4.88. The Morgan fingerprint density at radius 3 is 2.33 bits per heavy atom. The van der Waals surface area contributed by atoms with E-state index in [2.05, 4.69) is 10.4 Å². The molecule has 1 amide bonds. The van der Waals surface area contributed by atoms with Gasteiger partial charge in [0.2, 0.25) is 5.91 Å². The average molecular weight is 400 g/mol. The van der Waals surface area contributed by atoms with Crippen LogP contribution in [0.15, 0.2) is 71.1 Å². The van der Waals surface area contributed by atoms with Crippen molar-refractivity contribution in [2.24, 2.45) is 7.05 Å². The first-order chi connectivity index (χ1) is 14.6. The fraction of sp³-hybridized carbons (Fsp3) is 0.208. The van der Waals surface area contributed by atoms with E-state index in [9.17, 15) is 4.79 Å². The molecular formula is C24H24N4O2. The van der Waals surface area contributed by atoms with Crippen LogP contribution in [0.25, 0.3) is 22.6 Å². The van der Waals surface area contributed by atoms with Crippen LogP contribution in [-0.2, 0) is 24.7 Å². The van der Waals surface area contributed by atoms with Gasteiger partial charge in [-0.15, -0.1) is 0 Å². The van der Waals surface area contributed by atoms with Gasteiger partial charge >= 0.3 is 0 Å². The summed E-state index contributed by atoms with van der Waals surface area (Å²) in [5.74, 6) is 1.86. The minimum Gasteiger partial charge on any atom is -0.440 e. The van der Waals surface area contributed by atoms with Gasteiger partial charge in [-0.25, -0.2) is 4.98 Å². The van der Waals surface area contributed by atoms with Crippen LogP contribution in [0.5, 0.6) is 0 Å². The van der Waals surface area contributed by atoms with E-state index < -0.39 is 0 Å². The van der Waals surface area contributed by atoms with Crippen molar-refractivity contribution >= 4 is 11.7 Å². The number of anilines is 1. The summed E-state index contributed by atoms with van der Waals surface area (Å²) < 4.78 is 7.78. The molecule has 6 heteroatoms. The molecule has 2 aromatic carbocycles. The van der Waals surface area contributed by atoms with Crippen LogP contribution in [0, 0.1) is 0 Å². The maximum atomic E-state index is 12.4. The highest BCUT2D eigenvalue weighted by Crippen LogP contribution is 2.32. The van der Waals surface area contributed by atoms with Crippen molar-refractivity contribution in [3.05, 3.63) is 78.3 Å². The van der Waals surface area contributed by atoms with E-state index in [0.717, 1.165) is 34.7 Å². The Labute approximate surface area is 175 Å². The van der Waals surface area contributed by atoms with Crippen LogP contribution in [0.1, 0.15) is 24.9 Å². The van der Waals surface area contributed by atoms with E-state index in [1.165, 1.54) is 0 Å². The van der Waals surface area contributed by atoms with Gasteiger partial charge < -0.3 is 9.73 Å². The third-order valence-corrected chi connectivity index (χ3v) is 4.88. The van der Waals surface area contributed by atoms with Crippen LogP contribution < -0.4 is 5.32 Å². The zero-order chi connectivity index (χ0) is 20.9. The second-order valence-electron chi connectivity index (χ2n) is 7.06. The maximum absolute atomic E-state index is 12.4. The minimum atomic E-state index is -0.0959. The lowest BCUT2D eigenvalue weighted by Crippen LogP contribution is -2.14. The SMILES string of the molecule is CCc1cc(NC(=O)CCc2nc(-c3ccccc3)c(-c3ccccc3)o2)n(C)n1. The molecule has 30 heavy (non-hydrogen) atoms. The molecule has 0 radical (unpaired) electrons. The average Bonchev–Trinajstić information content (AvgIpc) is 3.37. The Kier molecular flexibility index (Phi) is 5.75. The van der Waals surface area contributed by atoms with E-state index in [0.29, 0.717) is 18.1 Å². The molecule has 0 atom stereocenters. The topological polar surface area (TPSA) is 73.0 Å². The Balaban J connectivity index is 1.52. The van der Waals surface area contributed by atoms with Crippen LogP contribution >= 0.6 is 0 Å². The molecule has 4 aromatic rings. The molecule has 0 unspecified atom stereocenters. The standard InChI is InChI=1S/C24H24N4O2/c1-3-19-16-20(28(2)27-19)25-21(29)14-15-22-26-23(17-10-6-4-7-11-17)24(30-22)18-12-8-5-9-13-18/h4-13,16H,3,14-15H2,1-2H3,(H,25,29). The number of carbonyl (C=O) groups is 1. The molecule has 0 bridgehead atoms. The van der Waals surface area contributed by atoms with E-state index >= 15 is 0 Å². The molecule has 4 rings (SSSR count). The highest BCUT2D eigenvalue weighted by atomic mass is 16.4. The van der Waals surface area contributed by atoms with Crippen LogP contribution in [0.2, 0.25) is 0 Å². The number of aromatic nitrogens is 3. The van der Waals surface area contributed by atoms with Crippen molar-refractivity contribution in [1.29, 1.82) is 0 Å². The highest BCUT2D eigenvalue weighted by molar-refractivity contribution is 5.90. The van der Waals surface area contributed by atoms with Crippen LogP contribution in [-0.4, -0.2) is 20.7 Å². The number of nitrogens with one attached hydrogen (secondary N) is 1. The van der Waals surface area contributed by atoms with Gasteiger partial charge in [0, 0.05) is 37.1 Å². The van der Waals surface area contributed by atoms with Gasteiger partial charge in [-0.1, -0.05) is 67.6 Å². The number of rotatable bonds is 7. The van der Waals surface area contributed by atoms with Crippen molar-refractivity contribution < 1.29 is 9.21 Å². The number of amides is 1. The number of aryl methyl sites for hydroxylation is 3. The summed E-state index contributed by atoms with van der Waals surface area (Å²) in [5.41, 5.74) is 3.68. The Bertz CT molecular complexity index is 1070. The lowest BCUT2D eigenvalue weighted by Gasteiger charge is -2.03. The van der Waals surface area contributed by atoms with E-state index in [4.69, 9.17) is 9.40 Å².